The molecular weight excluding hydrogens is 391 g/mol. The number of aromatic amines is 1. The molecule has 1 aromatic heterocycles. The Hall–Kier alpha value is -2.50. The molecule has 7 heteroatoms. The van der Waals surface area contributed by atoms with Gasteiger partial charge in [-0.05, 0) is 54.3 Å². The number of aromatic nitrogens is 1. The highest BCUT2D eigenvalue weighted by Crippen LogP contribution is 2.44. The molecule has 3 N–H and O–H groups in total. The van der Waals surface area contributed by atoms with Gasteiger partial charge in [-0.2, -0.15) is 10.5 Å². The Morgan fingerprint density at radius 1 is 1.12 bits per heavy atom. The first kappa shape index (κ1) is 18.3. The number of allylic oxidation sites excluding steroid dienone is 3. The van der Waals surface area contributed by atoms with Crippen molar-refractivity contribution in [2.45, 2.75) is 13.8 Å². The van der Waals surface area contributed by atoms with E-state index in [1.54, 1.807) is 19.1 Å². The number of nitrogens with two attached hydrogens (primary N) is 1. The van der Waals surface area contributed by atoms with E-state index in [0.29, 0.717) is 43.0 Å². The van der Waals surface area contributed by atoms with Crippen molar-refractivity contribution in [1.82, 2.24) is 0 Å². The van der Waals surface area contributed by atoms with Crippen molar-refractivity contribution in [2.75, 3.05) is 5.73 Å². The van der Waals surface area contributed by atoms with Gasteiger partial charge in [-0.3, -0.25) is 5.73 Å². The van der Waals surface area contributed by atoms with Crippen LogP contribution in [-0.2, 0) is 0 Å². The number of rotatable bonds is 1. The second kappa shape index (κ2) is 6.67. The van der Waals surface area contributed by atoms with Crippen LogP contribution in [0.5, 0.6) is 0 Å². The van der Waals surface area contributed by atoms with Crippen LogP contribution >= 0.6 is 34.8 Å². The van der Waals surface area contributed by atoms with Crippen LogP contribution in [0.15, 0.2) is 17.7 Å². The van der Waals surface area contributed by atoms with Crippen LogP contribution < -0.4 is 10.7 Å². The van der Waals surface area contributed by atoms with Crippen LogP contribution in [0.4, 0.5) is 5.82 Å². The molecule has 0 spiro atoms. The summed E-state index contributed by atoms with van der Waals surface area (Å²) in [6.07, 6.45) is 1.82. The fourth-order valence-corrected chi connectivity index (χ4v) is 3.78. The summed E-state index contributed by atoms with van der Waals surface area (Å²) < 4.78 is 0. The number of nitrogens with zero attached hydrogens (tertiary/aromatic N) is 2. The second-order valence-electron chi connectivity index (χ2n) is 5.86. The number of anilines is 1. The highest BCUT2D eigenvalue weighted by atomic mass is 35.5. The third kappa shape index (κ3) is 2.73. The zero-order valence-electron chi connectivity index (χ0n) is 13.8. The molecule has 1 aromatic carbocycles. The Bertz CT molecular complexity index is 1120. The van der Waals surface area contributed by atoms with Crippen molar-refractivity contribution in [3.05, 3.63) is 60.7 Å². The van der Waals surface area contributed by atoms with Crippen LogP contribution in [-0.4, -0.2) is 0 Å². The molecule has 0 amide bonds. The SMILES string of the molecule is CC1=C(C#N)c2[nH+]c(N)c(C#N)c(C)c2/C1=C/c1cc(Cl)cc(Cl)c1Cl. The smallest absolute Gasteiger partial charge is 0.286 e. The Morgan fingerprint density at radius 3 is 2.42 bits per heavy atom. The molecule has 0 unspecified atom stereocenters. The maximum absolute atomic E-state index is 9.59. The monoisotopic (exact) mass is 401 g/mol. The van der Waals surface area contributed by atoms with Gasteiger partial charge in [0.25, 0.3) is 5.82 Å². The standard InChI is InChI=1S/C19H11Cl3N4/c1-8-12(4-10-3-11(20)5-15(21)17(10)22)16-9(2)14(7-24)19(25)26-18(16)13(8)6-23/h3-5H,1-2H3,(H2,25,26)/p+1/b12-4+. The number of nitrogen functional groups attached to an aromatic ring is 1. The van der Waals surface area contributed by atoms with E-state index in [1.165, 1.54) is 0 Å². The largest absolute Gasteiger partial charge is 0.289 e. The van der Waals surface area contributed by atoms with Crippen LogP contribution in [0.25, 0.3) is 17.2 Å². The molecule has 1 aliphatic rings. The topological polar surface area (TPSA) is 87.7 Å². The summed E-state index contributed by atoms with van der Waals surface area (Å²) in [5, 5.41) is 20.1. The normalized spacial score (nSPS) is 14.3. The molecule has 1 heterocycles. The number of H-pyrrole nitrogens is 1. The van der Waals surface area contributed by atoms with Crippen molar-refractivity contribution >= 4 is 57.8 Å². The molecule has 0 fully saturated rings. The van der Waals surface area contributed by atoms with Crippen molar-refractivity contribution in [3.63, 3.8) is 0 Å². The first-order valence-corrected chi connectivity index (χ1v) is 8.67. The maximum atomic E-state index is 9.59. The van der Waals surface area contributed by atoms with Gasteiger partial charge in [-0.25, -0.2) is 4.98 Å². The molecule has 0 aliphatic heterocycles. The first-order chi connectivity index (χ1) is 12.3. The summed E-state index contributed by atoms with van der Waals surface area (Å²) in [5.41, 5.74) is 10.9. The first-order valence-electron chi connectivity index (χ1n) is 7.53. The van der Waals surface area contributed by atoms with Crippen LogP contribution in [0.3, 0.4) is 0 Å². The minimum Gasteiger partial charge on any atom is -0.286 e. The number of halogens is 3. The van der Waals surface area contributed by atoms with Crippen molar-refractivity contribution in [3.8, 4) is 12.1 Å². The van der Waals surface area contributed by atoms with E-state index in [1.807, 2.05) is 13.0 Å². The highest BCUT2D eigenvalue weighted by Gasteiger charge is 2.32. The molecular formula is C19H12Cl3N4+. The molecule has 4 nitrogen and oxygen atoms in total. The number of benzene rings is 1. The summed E-state index contributed by atoms with van der Waals surface area (Å²) in [5.74, 6) is 0.231. The third-order valence-electron chi connectivity index (χ3n) is 4.37. The van der Waals surface area contributed by atoms with Gasteiger partial charge in [0.15, 0.2) is 5.69 Å². The number of pyridine rings is 1. The van der Waals surface area contributed by atoms with Gasteiger partial charge in [0.2, 0.25) is 0 Å². The van der Waals surface area contributed by atoms with E-state index in [-0.39, 0.29) is 5.82 Å². The van der Waals surface area contributed by atoms with Crippen molar-refractivity contribution in [1.29, 1.82) is 10.5 Å². The summed E-state index contributed by atoms with van der Waals surface area (Å²) >= 11 is 18.5. The van der Waals surface area contributed by atoms with E-state index < -0.39 is 0 Å². The number of nitrogens with one attached hydrogen (secondary N) is 1. The maximum Gasteiger partial charge on any atom is 0.289 e. The lowest BCUT2D eigenvalue weighted by molar-refractivity contribution is -0.364. The average molecular weight is 403 g/mol. The number of fused-ring (bicyclic) bond motifs is 1. The van der Waals surface area contributed by atoms with Crippen LogP contribution in [0, 0.1) is 29.6 Å². The lowest BCUT2D eigenvalue weighted by Gasteiger charge is -2.09. The summed E-state index contributed by atoms with van der Waals surface area (Å²) in [6.45, 7) is 3.63. The summed E-state index contributed by atoms with van der Waals surface area (Å²) in [4.78, 5) is 2.98. The number of nitriles is 2. The van der Waals surface area contributed by atoms with E-state index in [4.69, 9.17) is 40.5 Å². The van der Waals surface area contributed by atoms with E-state index in [9.17, 15) is 10.5 Å². The molecule has 1 aliphatic carbocycles. The molecule has 26 heavy (non-hydrogen) atoms. The summed E-state index contributed by atoms with van der Waals surface area (Å²) in [7, 11) is 0. The predicted octanol–water partition coefficient (Wildman–Crippen LogP) is 5.07. The van der Waals surface area contributed by atoms with Gasteiger partial charge in [0, 0.05) is 10.6 Å². The lowest BCUT2D eigenvalue weighted by atomic mass is 9.95. The van der Waals surface area contributed by atoms with Crippen molar-refractivity contribution < 1.29 is 4.98 Å². The van der Waals surface area contributed by atoms with Gasteiger partial charge in [0.05, 0.1) is 10.0 Å². The predicted molar refractivity (Wildman–Crippen MR) is 104 cm³/mol. The zero-order chi connectivity index (χ0) is 19.2. The highest BCUT2D eigenvalue weighted by molar-refractivity contribution is 6.44. The second-order valence-corrected chi connectivity index (χ2v) is 7.08. The van der Waals surface area contributed by atoms with E-state index >= 15 is 0 Å². The van der Waals surface area contributed by atoms with Gasteiger partial charge >= 0.3 is 0 Å². The average Bonchev–Trinajstić information content (AvgIpc) is 2.84. The van der Waals surface area contributed by atoms with E-state index in [2.05, 4.69) is 17.1 Å². The molecule has 0 atom stereocenters. The fraction of sp³-hybridized carbons (Fsp3) is 0.105. The van der Waals surface area contributed by atoms with Crippen molar-refractivity contribution in [2.24, 2.45) is 0 Å². The number of hydrogen-bond donors (Lipinski definition) is 1. The van der Waals surface area contributed by atoms with Crippen LogP contribution in [0.1, 0.15) is 34.9 Å². The summed E-state index contributed by atoms with van der Waals surface area (Å²) in [6, 6.07) is 7.56. The Labute approximate surface area is 165 Å². The Kier molecular flexibility index (Phi) is 4.69. The fourth-order valence-electron chi connectivity index (χ4n) is 3.11. The van der Waals surface area contributed by atoms with Gasteiger partial charge in [-0.15, -0.1) is 0 Å². The quantitative estimate of drug-likeness (QED) is 0.675. The Morgan fingerprint density at radius 2 is 1.81 bits per heavy atom. The zero-order valence-corrected chi connectivity index (χ0v) is 16.1. The van der Waals surface area contributed by atoms with Gasteiger partial charge < -0.3 is 0 Å². The number of hydrogen-bond acceptors (Lipinski definition) is 3. The minimum absolute atomic E-state index is 0.231. The molecule has 128 valence electrons. The molecule has 0 bridgehead atoms. The molecule has 0 radical (unpaired) electrons. The Balaban J connectivity index is 2.38. The van der Waals surface area contributed by atoms with E-state index in [0.717, 1.165) is 16.7 Å². The molecule has 0 saturated heterocycles. The van der Waals surface area contributed by atoms with Gasteiger partial charge in [0.1, 0.15) is 23.3 Å². The molecule has 3 rings (SSSR count). The minimum atomic E-state index is 0.231. The van der Waals surface area contributed by atoms with Crippen LogP contribution in [0.2, 0.25) is 15.1 Å². The third-order valence-corrected chi connectivity index (χ3v) is 5.41. The lowest BCUT2D eigenvalue weighted by Crippen LogP contribution is -2.20. The van der Waals surface area contributed by atoms with Gasteiger partial charge in [-0.1, -0.05) is 34.8 Å². The molecule has 0 saturated carbocycles. The molecule has 2 aromatic rings.